The highest BCUT2D eigenvalue weighted by Crippen LogP contribution is 2.30. The van der Waals surface area contributed by atoms with Crippen LogP contribution in [-0.2, 0) is 11.2 Å². The van der Waals surface area contributed by atoms with Crippen molar-refractivity contribution in [1.29, 1.82) is 0 Å². The van der Waals surface area contributed by atoms with Crippen molar-refractivity contribution in [1.82, 2.24) is 10.2 Å². The van der Waals surface area contributed by atoms with Crippen LogP contribution in [0.25, 0.3) is 11.3 Å². The summed E-state index contributed by atoms with van der Waals surface area (Å²) in [7, 11) is 0. The molecule has 0 spiro atoms. The van der Waals surface area contributed by atoms with Crippen molar-refractivity contribution in [3.8, 4) is 17.0 Å². The first-order valence-corrected chi connectivity index (χ1v) is 8.59. The van der Waals surface area contributed by atoms with Crippen molar-refractivity contribution in [2.45, 2.75) is 13.3 Å². The first-order chi connectivity index (χ1) is 13.1. The number of carbonyl (C=O) groups excluding carboxylic acids is 2. The molecule has 3 N–H and O–H groups in total. The molecule has 2 heterocycles. The van der Waals surface area contributed by atoms with Gasteiger partial charge in [-0.15, -0.1) is 0 Å². The van der Waals surface area contributed by atoms with E-state index >= 15 is 0 Å². The lowest BCUT2D eigenvalue weighted by molar-refractivity contribution is -0.114. The fourth-order valence-electron chi connectivity index (χ4n) is 3.01. The number of nitrogens with one attached hydrogen (secondary N) is 3. The number of H-pyrrole nitrogens is 1. The summed E-state index contributed by atoms with van der Waals surface area (Å²) in [6.07, 6.45) is 0.881. The molecule has 0 saturated carbocycles. The Labute approximate surface area is 155 Å². The number of amides is 2. The normalized spacial score (nSPS) is 12.2. The third-order valence-electron chi connectivity index (χ3n) is 4.25. The number of carbonyl (C=O) groups is 2. The number of rotatable bonds is 4. The van der Waals surface area contributed by atoms with Crippen LogP contribution in [0.2, 0.25) is 0 Å². The number of ether oxygens (including phenoxy) is 1. The molecule has 2 amide bonds. The molecule has 1 aliphatic rings. The maximum Gasteiger partial charge on any atom is 0.273 e. The van der Waals surface area contributed by atoms with Crippen molar-refractivity contribution < 1.29 is 14.3 Å². The van der Waals surface area contributed by atoms with Gasteiger partial charge in [-0.05, 0) is 48.0 Å². The second-order valence-electron chi connectivity index (χ2n) is 6.30. The zero-order chi connectivity index (χ0) is 18.8. The third kappa shape index (κ3) is 3.67. The van der Waals surface area contributed by atoms with Gasteiger partial charge in [0.05, 0.1) is 12.3 Å². The van der Waals surface area contributed by atoms with E-state index in [1.807, 2.05) is 18.2 Å². The molecule has 7 nitrogen and oxygen atoms in total. The molecule has 0 saturated heterocycles. The maximum absolute atomic E-state index is 12.5. The van der Waals surface area contributed by atoms with Crippen LogP contribution in [-0.4, -0.2) is 28.6 Å². The first kappa shape index (κ1) is 16.8. The van der Waals surface area contributed by atoms with E-state index in [0.717, 1.165) is 23.3 Å². The minimum atomic E-state index is -0.307. The van der Waals surface area contributed by atoms with Crippen LogP contribution in [0.5, 0.6) is 5.75 Å². The summed E-state index contributed by atoms with van der Waals surface area (Å²) in [5, 5.41) is 12.5. The Morgan fingerprint density at radius 3 is 2.70 bits per heavy atom. The van der Waals surface area contributed by atoms with Gasteiger partial charge in [-0.2, -0.15) is 5.10 Å². The van der Waals surface area contributed by atoms with E-state index in [1.165, 1.54) is 6.92 Å². The largest absolute Gasteiger partial charge is 0.493 e. The van der Waals surface area contributed by atoms with Gasteiger partial charge in [-0.3, -0.25) is 14.7 Å². The van der Waals surface area contributed by atoms with Crippen molar-refractivity contribution in [3.05, 3.63) is 59.8 Å². The number of aromatic nitrogens is 2. The standard InChI is InChI=1S/C20H18N4O3/c1-12(25)21-15-3-2-4-16(10-15)22-20(26)18-11-17(23-24-18)13-5-6-19-14(9-13)7-8-27-19/h2-6,9-11H,7-8H2,1H3,(H,21,25)(H,22,26)(H,23,24). The smallest absolute Gasteiger partial charge is 0.273 e. The highest BCUT2D eigenvalue weighted by atomic mass is 16.5. The van der Waals surface area contributed by atoms with Crippen LogP contribution in [0, 0.1) is 0 Å². The molecule has 1 aromatic heterocycles. The number of benzene rings is 2. The van der Waals surface area contributed by atoms with Gasteiger partial charge in [0.15, 0.2) is 0 Å². The molecule has 7 heteroatoms. The van der Waals surface area contributed by atoms with Gasteiger partial charge < -0.3 is 15.4 Å². The monoisotopic (exact) mass is 362 g/mol. The van der Waals surface area contributed by atoms with Gasteiger partial charge in [-0.1, -0.05) is 6.07 Å². The van der Waals surface area contributed by atoms with E-state index in [2.05, 4.69) is 20.8 Å². The van der Waals surface area contributed by atoms with Gasteiger partial charge in [-0.25, -0.2) is 0 Å². The zero-order valence-corrected chi connectivity index (χ0v) is 14.7. The number of nitrogens with zero attached hydrogens (tertiary/aromatic N) is 1. The molecule has 0 aliphatic carbocycles. The molecule has 3 aromatic rings. The molecule has 2 aromatic carbocycles. The van der Waals surface area contributed by atoms with Gasteiger partial charge in [0, 0.05) is 30.3 Å². The Balaban J connectivity index is 1.50. The molecule has 27 heavy (non-hydrogen) atoms. The van der Waals surface area contributed by atoms with Gasteiger partial charge >= 0.3 is 0 Å². The Morgan fingerprint density at radius 2 is 1.89 bits per heavy atom. The summed E-state index contributed by atoms with van der Waals surface area (Å²) in [5.74, 6) is 0.431. The second-order valence-corrected chi connectivity index (χ2v) is 6.30. The lowest BCUT2D eigenvalue weighted by Gasteiger charge is -2.06. The number of fused-ring (bicyclic) bond motifs is 1. The first-order valence-electron chi connectivity index (χ1n) is 8.59. The topological polar surface area (TPSA) is 96.1 Å². The number of hydrogen-bond donors (Lipinski definition) is 3. The van der Waals surface area contributed by atoms with Crippen LogP contribution in [0.4, 0.5) is 11.4 Å². The second kappa shape index (κ2) is 6.95. The van der Waals surface area contributed by atoms with Crippen molar-refractivity contribution >= 4 is 23.2 Å². The average Bonchev–Trinajstić information content (AvgIpc) is 3.30. The van der Waals surface area contributed by atoms with E-state index in [-0.39, 0.29) is 11.8 Å². The Kier molecular flexibility index (Phi) is 4.33. The predicted molar refractivity (Wildman–Crippen MR) is 102 cm³/mol. The number of anilines is 2. The summed E-state index contributed by atoms with van der Waals surface area (Å²) in [4.78, 5) is 23.6. The molecule has 0 radical (unpaired) electrons. The van der Waals surface area contributed by atoms with Crippen molar-refractivity contribution in [2.24, 2.45) is 0 Å². The van der Waals surface area contributed by atoms with Crippen LogP contribution >= 0.6 is 0 Å². The minimum Gasteiger partial charge on any atom is -0.493 e. The Morgan fingerprint density at radius 1 is 1.07 bits per heavy atom. The van der Waals surface area contributed by atoms with E-state index in [0.29, 0.717) is 29.4 Å². The predicted octanol–water partition coefficient (Wildman–Crippen LogP) is 3.22. The Hall–Kier alpha value is -3.61. The quantitative estimate of drug-likeness (QED) is 0.664. The van der Waals surface area contributed by atoms with E-state index in [1.54, 1.807) is 30.3 Å². The highest BCUT2D eigenvalue weighted by Gasteiger charge is 2.15. The maximum atomic E-state index is 12.5. The van der Waals surface area contributed by atoms with Gasteiger partial charge in [0.1, 0.15) is 11.4 Å². The summed E-state index contributed by atoms with van der Waals surface area (Å²) < 4.78 is 5.51. The summed E-state index contributed by atoms with van der Waals surface area (Å²) >= 11 is 0. The zero-order valence-electron chi connectivity index (χ0n) is 14.7. The van der Waals surface area contributed by atoms with Gasteiger partial charge in [0.2, 0.25) is 5.91 Å². The molecule has 0 fully saturated rings. The fraction of sp³-hybridized carbons (Fsp3) is 0.150. The fourth-order valence-corrected chi connectivity index (χ4v) is 3.01. The molecule has 0 atom stereocenters. The van der Waals surface area contributed by atoms with Crippen molar-refractivity contribution in [2.75, 3.05) is 17.2 Å². The molecule has 1 aliphatic heterocycles. The van der Waals surface area contributed by atoms with Crippen LogP contribution in [0.3, 0.4) is 0 Å². The minimum absolute atomic E-state index is 0.170. The summed E-state index contributed by atoms with van der Waals surface area (Å²) in [6.45, 7) is 2.13. The molecule has 4 rings (SSSR count). The molecule has 0 unspecified atom stereocenters. The highest BCUT2D eigenvalue weighted by molar-refractivity contribution is 6.04. The van der Waals surface area contributed by atoms with Crippen LogP contribution in [0.1, 0.15) is 23.0 Å². The molecular formula is C20H18N4O3. The third-order valence-corrected chi connectivity index (χ3v) is 4.25. The average molecular weight is 362 g/mol. The van der Waals surface area contributed by atoms with E-state index in [4.69, 9.17) is 4.74 Å². The molecule has 136 valence electrons. The summed E-state index contributed by atoms with van der Waals surface area (Å²) in [5.41, 5.74) is 4.33. The molecule has 0 bridgehead atoms. The number of aromatic amines is 1. The van der Waals surface area contributed by atoms with Crippen LogP contribution in [0.15, 0.2) is 48.5 Å². The SMILES string of the molecule is CC(=O)Nc1cccc(NC(=O)c2cc(-c3ccc4c(c3)CCO4)n[nH]2)c1. The van der Waals surface area contributed by atoms with E-state index < -0.39 is 0 Å². The molecular weight excluding hydrogens is 344 g/mol. The lowest BCUT2D eigenvalue weighted by atomic mass is 10.1. The number of hydrogen-bond acceptors (Lipinski definition) is 4. The van der Waals surface area contributed by atoms with Crippen LogP contribution < -0.4 is 15.4 Å². The van der Waals surface area contributed by atoms with Crippen molar-refractivity contribution in [3.63, 3.8) is 0 Å². The summed E-state index contributed by atoms with van der Waals surface area (Å²) in [6, 6.07) is 14.6. The Bertz CT molecular complexity index is 1030. The lowest BCUT2D eigenvalue weighted by Crippen LogP contribution is -2.13. The van der Waals surface area contributed by atoms with E-state index in [9.17, 15) is 9.59 Å². The van der Waals surface area contributed by atoms with Gasteiger partial charge in [0.25, 0.3) is 5.91 Å².